The Morgan fingerprint density at radius 2 is 0.676 bits per heavy atom. The molecular weight excluding hydrogens is 911 g/mol. The molecule has 1 amide bonds. The molecule has 0 bridgehead atoms. The highest BCUT2D eigenvalue weighted by Crippen LogP contribution is 2.18. The van der Waals surface area contributed by atoms with Crippen LogP contribution in [-0.4, -0.2) is 47.4 Å². The molecule has 6 nitrogen and oxygen atoms in total. The fourth-order valence-corrected chi connectivity index (χ4v) is 10.3. The Kier molecular flexibility index (Phi) is 62.0. The van der Waals surface area contributed by atoms with Crippen LogP contribution in [0, 0.1) is 0 Å². The van der Waals surface area contributed by atoms with Gasteiger partial charge in [0.05, 0.1) is 25.4 Å². The van der Waals surface area contributed by atoms with Gasteiger partial charge in [-0.25, -0.2) is 0 Å². The van der Waals surface area contributed by atoms with E-state index < -0.39 is 12.1 Å². The maximum absolute atomic E-state index is 12.5. The first-order valence-corrected chi connectivity index (χ1v) is 33.2. The average Bonchev–Trinajstić information content (AvgIpc) is 3.40. The summed E-state index contributed by atoms with van der Waals surface area (Å²) in [6.07, 6.45) is 80.2. The number of esters is 1. The summed E-state index contributed by atoms with van der Waals surface area (Å²) in [6, 6.07) is -0.555. The molecule has 0 aromatic heterocycles. The summed E-state index contributed by atoms with van der Waals surface area (Å²) in [5.74, 6) is -0.0636. The fraction of sp³-hybridized carbons (Fsp3) is 0.882. The predicted molar refractivity (Wildman–Crippen MR) is 324 cm³/mol. The number of nitrogens with one attached hydrogen (secondary N) is 1. The van der Waals surface area contributed by atoms with Gasteiger partial charge in [0.25, 0.3) is 0 Å². The number of allylic oxidation sites excluding steroid dienone is 6. The number of ether oxygens (including phenoxy) is 1. The normalized spacial score (nSPS) is 12.8. The van der Waals surface area contributed by atoms with Crippen molar-refractivity contribution in [3.05, 3.63) is 36.5 Å². The lowest BCUT2D eigenvalue weighted by Crippen LogP contribution is -2.45. The monoisotopic (exact) mass is 1040 g/mol. The Morgan fingerprint density at radius 1 is 0.378 bits per heavy atom. The molecule has 0 radical (unpaired) electrons. The second kappa shape index (κ2) is 63.6. The van der Waals surface area contributed by atoms with Crippen LogP contribution in [0.25, 0.3) is 0 Å². The smallest absolute Gasteiger partial charge is 0.305 e. The second-order valence-corrected chi connectivity index (χ2v) is 22.8. The Bertz CT molecular complexity index is 1200. The number of carbonyl (C=O) groups excluding carboxylic acids is 2. The second-order valence-electron chi connectivity index (χ2n) is 22.8. The summed E-state index contributed by atoms with van der Waals surface area (Å²) in [4.78, 5) is 24.6. The highest BCUT2D eigenvalue weighted by molar-refractivity contribution is 5.76. The van der Waals surface area contributed by atoms with Gasteiger partial charge in [-0.3, -0.25) is 9.59 Å². The molecule has 0 rings (SSSR count). The number of hydrogen-bond acceptors (Lipinski definition) is 5. The molecule has 436 valence electrons. The summed E-state index contributed by atoms with van der Waals surface area (Å²) < 4.78 is 5.48. The summed E-state index contributed by atoms with van der Waals surface area (Å²) in [7, 11) is 0. The van der Waals surface area contributed by atoms with Crippen molar-refractivity contribution < 1.29 is 24.5 Å². The van der Waals surface area contributed by atoms with E-state index in [1.165, 1.54) is 250 Å². The third-order valence-corrected chi connectivity index (χ3v) is 15.4. The fourth-order valence-electron chi connectivity index (χ4n) is 10.3. The standard InChI is InChI=1S/C68H129NO5/c1-3-5-7-9-11-13-15-17-19-21-23-24-25-26-27-28-29-32-36-40-44-48-52-56-60-66(71)65(64-70)69-67(72)61-57-53-49-45-41-37-33-31-35-39-43-47-51-55-59-63-74-68(73)62-58-54-50-46-42-38-34-30-22-20-18-16-14-12-10-8-6-4-2/h14,16,20,22,35,39,65-66,70-71H,3-13,15,17-19,21,23-34,36-38,40-64H2,1-2H3,(H,69,72)/b16-14-,22-20-,39-35-. The lowest BCUT2D eigenvalue weighted by molar-refractivity contribution is -0.143. The van der Waals surface area contributed by atoms with E-state index in [9.17, 15) is 19.8 Å². The van der Waals surface area contributed by atoms with Gasteiger partial charge in [-0.05, 0) is 83.5 Å². The van der Waals surface area contributed by atoms with Crippen molar-refractivity contribution in [2.75, 3.05) is 13.2 Å². The van der Waals surface area contributed by atoms with Crippen LogP contribution in [0.2, 0.25) is 0 Å². The minimum absolute atomic E-state index is 0.0165. The number of hydrogen-bond donors (Lipinski definition) is 3. The van der Waals surface area contributed by atoms with Crippen LogP contribution >= 0.6 is 0 Å². The third-order valence-electron chi connectivity index (χ3n) is 15.4. The highest BCUT2D eigenvalue weighted by atomic mass is 16.5. The van der Waals surface area contributed by atoms with E-state index in [0.29, 0.717) is 25.9 Å². The average molecular weight is 1040 g/mol. The minimum Gasteiger partial charge on any atom is -0.466 e. The topological polar surface area (TPSA) is 95.9 Å². The number of amides is 1. The summed E-state index contributed by atoms with van der Waals surface area (Å²) in [5, 5.41) is 23.4. The molecule has 0 aromatic rings. The molecule has 6 heteroatoms. The van der Waals surface area contributed by atoms with Crippen LogP contribution in [-0.2, 0) is 14.3 Å². The number of aliphatic hydroxyl groups excluding tert-OH is 2. The van der Waals surface area contributed by atoms with Crippen molar-refractivity contribution in [3.63, 3.8) is 0 Å². The molecule has 0 fully saturated rings. The minimum atomic E-state index is -0.677. The van der Waals surface area contributed by atoms with Gasteiger partial charge in [-0.2, -0.15) is 0 Å². The van der Waals surface area contributed by atoms with Gasteiger partial charge in [0.1, 0.15) is 0 Å². The Labute approximate surface area is 462 Å². The van der Waals surface area contributed by atoms with E-state index in [0.717, 1.165) is 77.0 Å². The van der Waals surface area contributed by atoms with Crippen LogP contribution in [0.3, 0.4) is 0 Å². The van der Waals surface area contributed by atoms with Crippen molar-refractivity contribution >= 4 is 11.9 Å². The van der Waals surface area contributed by atoms with E-state index >= 15 is 0 Å². The van der Waals surface area contributed by atoms with Gasteiger partial charge in [0.2, 0.25) is 5.91 Å². The lowest BCUT2D eigenvalue weighted by Gasteiger charge is -2.22. The van der Waals surface area contributed by atoms with E-state index in [-0.39, 0.29) is 18.5 Å². The van der Waals surface area contributed by atoms with Crippen molar-refractivity contribution in [1.82, 2.24) is 5.32 Å². The molecular formula is C68H129NO5. The molecule has 3 N–H and O–H groups in total. The van der Waals surface area contributed by atoms with Crippen molar-refractivity contribution in [3.8, 4) is 0 Å². The molecule has 0 aliphatic carbocycles. The van der Waals surface area contributed by atoms with Gasteiger partial charge in [0, 0.05) is 12.8 Å². The van der Waals surface area contributed by atoms with Gasteiger partial charge in [-0.1, -0.05) is 301 Å². The molecule has 0 aromatic carbocycles. The van der Waals surface area contributed by atoms with Gasteiger partial charge in [0.15, 0.2) is 0 Å². The van der Waals surface area contributed by atoms with Gasteiger partial charge < -0.3 is 20.3 Å². The zero-order valence-corrected chi connectivity index (χ0v) is 49.8. The largest absolute Gasteiger partial charge is 0.466 e. The quantitative estimate of drug-likeness (QED) is 0.0320. The molecule has 2 unspecified atom stereocenters. The van der Waals surface area contributed by atoms with Crippen LogP contribution in [0.5, 0.6) is 0 Å². The number of unbranched alkanes of at least 4 members (excludes halogenated alkanes) is 45. The predicted octanol–water partition coefficient (Wildman–Crippen LogP) is 21.1. The van der Waals surface area contributed by atoms with Crippen LogP contribution in [0.1, 0.15) is 361 Å². The van der Waals surface area contributed by atoms with Gasteiger partial charge >= 0.3 is 5.97 Å². The third kappa shape index (κ3) is 59.3. The summed E-state index contributed by atoms with van der Waals surface area (Å²) in [6.45, 7) is 4.92. The van der Waals surface area contributed by atoms with Gasteiger partial charge in [-0.15, -0.1) is 0 Å². The van der Waals surface area contributed by atoms with E-state index in [4.69, 9.17) is 4.74 Å². The Hall–Kier alpha value is -1.92. The summed E-state index contributed by atoms with van der Waals surface area (Å²) >= 11 is 0. The first-order chi connectivity index (χ1) is 36.5. The van der Waals surface area contributed by atoms with Crippen LogP contribution < -0.4 is 5.32 Å². The van der Waals surface area contributed by atoms with Crippen LogP contribution in [0.15, 0.2) is 36.5 Å². The van der Waals surface area contributed by atoms with E-state index in [2.05, 4.69) is 55.6 Å². The lowest BCUT2D eigenvalue weighted by atomic mass is 10.0. The zero-order valence-electron chi connectivity index (χ0n) is 49.8. The molecule has 0 aliphatic rings. The zero-order chi connectivity index (χ0) is 53.6. The molecule has 0 saturated carbocycles. The summed E-state index contributed by atoms with van der Waals surface area (Å²) in [5.41, 5.74) is 0. The number of aliphatic hydroxyl groups is 2. The highest BCUT2D eigenvalue weighted by Gasteiger charge is 2.20. The van der Waals surface area contributed by atoms with E-state index in [1.807, 2.05) is 0 Å². The number of carbonyl (C=O) groups is 2. The van der Waals surface area contributed by atoms with Crippen molar-refractivity contribution in [2.24, 2.45) is 0 Å². The first kappa shape index (κ1) is 72.1. The molecule has 0 aliphatic heterocycles. The molecule has 0 heterocycles. The maximum Gasteiger partial charge on any atom is 0.305 e. The SMILES string of the molecule is CCCCCC/C=C\C/C=C\CCCCCCCCCC(=O)OCCCCCC/C=C\CCCCCCCCCC(=O)NC(CO)C(O)CCCCCCCCCCCCCCCCCCCCCCCCCC. The van der Waals surface area contributed by atoms with E-state index in [1.54, 1.807) is 0 Å². The molecule has 0 spiro atoms. The molecule has 2 atom stereocenters. The van der Waals surface area contributed by atoms with Crippen LogP contribution in [0.4, 0.5) is 0 Å². The molecule has 0 saturated heterocycles. The molecule has 74 heavy (non-hydrogen) atoms. The maximum atomic E-state index is 12.5. The first-order valence-electron chi connectivity index (χ1n) is 33.2. The van der Waals surface area contributed by atoms with Crippen molar-refractivity contribution in [2.45, 2.75) is 373 Å². The van der Waals surface area contributed by atoms with Crippen molar-refractivity contribution in [1.29, 1.82) is 0 Å². The Balaban J connectivity index is 3.46. The number of rotatable bonds is 62. The Morgan fingerprint density at radius 3 is 1.05 bits per heavy atom.